The van der Waals surface area contributed by atoms with Gasteiger partial charge in [-0.25, -0.2) is 9.97 Å². The van der Waals surface area contributed by atoms with Crippen molar-refractivity contribution in [2.45, 2.75) is 19.8 Å². The van der Waals surface area contributed by atoms with Crippen LogP contribution in [0.2, 0.25) is 0 Å². The van der Waals surface area contributed by atoms with Gasteiger partial charge in [0, 0.05) is 24.9 Å². The van der Waals surface area contributed by atoms with Gasteiger partial charge in [0.1, 0.15) is 5.82 Å². The molecule has 1 rings (SSSR count). The molecule has 15 heavy (non-hydrogen) atoms. The van der Waals surface area contributed by atoms with Crippen LogP contribution in [0.4, 0.5) is 0 Å². The molecule has 0 aromatic carbocycles. The minimum atomic E-state index is 0.224. The highest BCUT2D eigenvalue weighted by molar-refractivity contribution is 5.02. The Hall–Kier alpha value is -1.00. The number of rotatable bonds is 6. The Labute approximate surface area is 90.7 Å². The van der Waals surface area contributed by atoms with Crippen molar-refractivity contribution >= 4 is 0 Å². The summed E-state index contributed by atoms with van der Waals surface area (Å²) in [4.78, 5) is 8.57. The zero-order chi connectivity index (χ0) is 11.1. The van der Waals surface area contributed by atoms with E-state index in [0.717, 1.165) is 11.5 Å². The average molecular weight is 210 g/mol. The van der Waals surface area contributed by atoms with Crippen LogP contribution < -0.4 is 0 Å². The van der Waals surface area contributed by atoms with Crippen LogP contribution in [-0.4, -0.2) is 36.9 Å². The van der Waals surface area contributed by atoms with Crippen molar-refractivity contribution in [3.63, 3.8) is 0 Å². The third-order valence-electron chi connectivity index (χ3n) is 2.05. The van der Waals surface area contributed by atoms with Gasteiger partial charge in [-0.3, -0.25) is 0 Å². The molecule has 0 spiro atoms. The zero-order valence-electron chi connectivity index (χ0n) is 9.56. The monoisotopic (exact) mass is 210 g/mol. The van der Waals surface area contributed by atoms with Gasteiger partial charge in [-0.05, 0) is 13.0 Å². The first-order valence-corrected chi connectivity index (χ1v) is 5.10. The summed E-state index contributed by atoms with van der Waals surface area (Å²) in [6.07, 6.45) is 1.78. The molecule has 0 aliphatic rings. The smallest absolute Gasteiger partial charge is 0.133 e. The fourth-order valence-corrected chi connectivity index (χ4v) is 1.18. The van der Waals surface area contributed by atoms with E-state index in [-0.39, 0.29) is 5.92 Å². The molecule has 84 valence electrons. The van der Waals surface area contributed by atoms with E-state index < -0.39 is 0 Å². The molecule has 0 saturated heterocycles. The van der Waals surface area contributed by atoms with Crippen LogP contribution in [0.25, 0.3) is 0 Å². The number of nitrogens with zero attached hydrogens (tertiary/aromatic N) is 2. The number of hydrogen-bond donors (Lipinski definition) is 0. The van der Waals surface area contributed by atoms with Gasteiger partial charge in [0.25, 0.3) is 0 Å². The van der Waals surface area contributed by atoms with E-state index in [0.29, 0.717) is 19.8 Å². The Morgan fingerprint density at radius 1 is 1.40 bits per heavy atom. The molecular formula is C11H18N2O2. The molecule has 4 nitrogen and oxygen atoms in total. The predicted octanol–water partition coefficient (Wildman–Crippen LogP) is 1.55. The number of aromatic nitrogens is 2. The van der Waals surface area contributed by atoms with E-state index in [1.54, 1.807) is 13.3 Å². The highest BCUT2D eigenvalue weighted by Gasteiger charge is 2.08. The van der Waals surface area contributed by atoms with Gasteiger partial charge in [0.05, 0.1) is 19.8 Å². The van der Waals surface area contributed by atoms with Gasteiger partial charge >= 0.3 is 0 Å². The summed E-state index contributed by atoms with van der Waals surface area (Å²) in [5, 5.41) is 0. The Balaban J connectivity index is 2.36. The summed E-state index contributed by atoms with van der Waals surface area (Å²) in [5.41, 5.74) is 0.990. The predicted molar refractivity (Wildman–Crippen MR) is 57.9 cm³/mol. The topological polar surface area (TPSA) is 44.2 Å². The lowest BCUT2D eigenvalue weighted by molar-refractivity contribution is 0.0640. The number of aryl methyl sites for hydroxylation is 1. The van der Waals surface area contributed by atoms with Crippen LogP contribution in [0.5, 0.6) is 0 Å². The van der Waals surface area contributed by atoms with E-state index in [2.05, 4.69) is 16.9 Å². The fourth-order valence-electron chi connectivity index (χ4n) is 1.18. The molecule has 0 aliphatic heterocycles. The van der Waals surface area contributed by atoms with Gasteiger partial charge in [-0.1, -0.05) is 6.92 Å². The number of methoxy groups -OCH3 is 1. The third kappa shape index (κ3) is 4.36. The molecule has 1 unspecified atom stereocenters. The summed E-state index contributed by atoms with van der Waals surface area (Å²) in [6, 6.07) is 1.89. The minimum Gasteiger partial charge on any atom is -0.382 e. The third-order valence-corrected chi connectivity index (χ3v) is 2.05. The molecule has 1 aromatic heterocycles. The molecular weight excluding hydrogens is 192 g/mol. The standard InChI is InChI=1S/C11H18N2O2/c1-9(8-15-7-6-14-3)11-12-5-4-10(2)13-11/h4-5,9H,6-8H2,1-3H3. The molecule has 0 fully saturated rings. The molecule has 0 N–H and O–H groups in total. The average Bonchev–Trinajstić information content (AvgIpc) is 2.24. The van der Waals surface area contributed by atoms with Gasteiger partial charge < -0.3 is 9.47 Å². The molecule has 0 radical (unpaired) electrons. The Morgan fingerprint density at radius 3 is 2.87 bits per heavy atom. The second-order valence-corrected chi connectivity index (χ2v) is 3.52. The van der Waals surface area contributed by atoms with Crippen LogP contribution in [0.15, 0.2) is 12.3 Å². The summed E-state index contributed by atoms with van der Waals surface area (Å²) in [7, 11) is 1.66. The van der Waals surface area contributed by atoms with Crippen LogP contribution >= 0.6 is 0 Å². The van der Waals surface area contributed by atoms with Gasteiger partial charge in [-0.15, -0.1) is 0 Å². The summed E-state index contributed by atoms with van der Waals surface area (Å²) in [5.74, 6) is 1.06. The maximum atomic E-state index is 5.43. The van der Waals surface area contributed by atoms with E-state index in [1.807, 2.05) is 13.0 Å². The first kappa shape index (κ1) is 12.1. The molecule has 0 saturated carbocycles. The van der Waals surface area contributed by atoms with Crippen LogP contribution in [0.1, 0.15) is 24.4 Å². The van der Waals surface area contributed by atoms with Crippen molar-refractivity contribution in [2.75, 3.05) is 26.9 Å². The molecule has 0 aliphatic carbocycles. The van der Waals surface area contributed by atoms with E-state index >= 15 is 0 Å². The molecule has 4 heteroatoms. The lowest BCUT2D eigenvalue weighted by Gasteiger charge is -2.10. The maximum absolute atomic E-state index is 5.43. The maximum Gasteiger partial charge on any atom is 0.133 e. The van der Waals surface area contributed by atoms with Gasteiger partial charge in [-0.2, -0.15) is 0 Å². The van der Waals surface area contributed by atoms with Gasteiger partial charge in [0.15, 0.2) is 0 Å². The fraction of sp³-hybridized carbons (Fsp3) is 0.636. The van der Waals surface area contributed by atoms with E-state index in [9.17, 15) is 0 Å². The lowest BCUT2D eigenvalue weighted by atomic mass is 10.2. The van der Waals surface area contributed by atoms with Crippen LogP contribution in [0.3, 0.4) is 0 Å². The van der Waals surface area contributed by atoms with Crippen molar-refractivity contribution in [3.8, 4) is 0 Å². The molecule has 0 amide bonds. The second-order valence-electron chi connectivity index (χ2n) is 3.52. The van der Waals surface area contributed by atoms with Crippen LogP contribution in [-0.2, 0) is 9.47 Å². The molecule has 0 bridgehead atoms. The summed E-state index contributed by atoms with van der Waals surface area (Å²) < 4.78 is 10.3. The molecule has 1 atom stereocenters. The lowest BCUT2D eigenvalue weighted by Crippen LogP contribution is -2.11. The SMILES string of the molecule is COCCOCC(C)c1nccc(C)n1. The van der Waals surface area contributed by atoms with Crippen molar-refractivity contribution in [1.29, 1.82) is 0 Å². The zero-order valence-corrected chi connectivity index (χ0v) is 9.56. The number of ether oxygens (including phenoxy) is 2. The molecule has 1 heterocycles. The van der Waals surface area contributed by atoms with Crippen molar-refractivity contribution < 1.29 is 9.47 Å². The van der Waals surface area contributed by atoms with Crippen molar-refractivity contribution in [2.24, 2.45) is 0 Å². The molecule has 1 aromatic rings. The van der Waals surface area contributed by atoms with E-state index in [4.69, 9.17) is 9.47 Å². The Kier molecular flexibility index (Phi) is 5.21. The highest BCUT2D eigenvalue weighted by Crippen LogP contribution is 2.10. The number of hydrogen-bond acceptors (Lipinski definition) is 4. The van der Waals surface area contributed by atoms with Crippen molar-refractivity contribution in [3.05, 3.63) is 23.8 Å². The Bertz CT molecular complexity index is 292. The van der Waals surface area contributed by atoms with Gasteiger partial charge in [0.2, 0.25) is 0 Å². The minimum absolute atomic E-state index is 0.224. The summed E-state index contributed by atoms with van der Waals surface area (Å²) in [6.45, 7) is 5.89. The quantitative estimate of drug-likeness (QED) is 0.668. The second kappa shape index (κ2) is 6.48. The highest BCUT2D eigenvalue weighted by atomic mass is 16.5. The Morgan fingerprint density at radius 2 is 2.20 bits per heavy atom. The first-order chi connectivity index (χ1) is 7.24. The first-order valence-electron chi connectivity index (χ1n) is 5.10. The van der Waals surface area contributed by atoms with Crippen LogP contribution in [0, 0.1) is 6.92 Å². The van der Waals surface area contributed by atoms with Crippen molar-refractivity contribution in [1.82, 2.24) is 9.97 Å². The summed E-state index contributed by atoms with van der Waals surface area (Å²) >= 11 is 0. The van der Waals surface area contributed by atoms with E-state index in [1.165, 1.54) is 0 Å². The largest absolute Gasteiger partial charge is 0.382 e. The normalized spacial score (nSPS) is 12.7.